The zero-order valence-corrected chi connectivity index (χ0v) is 11.6. The van der Waals surface area contributed by atoms with Crippen LogP contribution in [0.2, 0.25) is 0 Å². The Labute approximate surface area is 121 Å². The number of aryl methyl sites for hydroxylation is 1. The Balaban J connectivity index is 1.94. The summed E-state index contributed by atoms with van der Waals surface area (Å²) in [5, 5.41) is 12.6. The smallest absolute Gasteiger partial charge is 0.257 e. The van der Waals surface area contributed by atoms with Crippen LogP contribution in [0.3, 0.4) is 0 Å². The van der Waals surface area contributed by atoms with Crippen molar-refractivity contribution < 1.29 is 19.5 Å². The molecule has 2 aliphatic heterocycles. The van der Waals surface area contributed by atoms with Gasteiger partial charge in [-0.3, -0.25) is 24.6 Å². The number of imide groups is 1. The highest BCUT2D eigenvalue weighted by Gasteiger charge is 2.44. The van der Waals surface area contributed by atoms with Crippen LogP contribution in [0.5, 0.6) is 0 Å². The molecule has 6 heteroatoms. The standard InChI is InChI=1S/C15H16N2O4/c1-2-8-3-4-9-10(7-8)15(21)17(14(9)20)11-5-6-12(18)16-13(11)19/h3-4,7,11,15,21H,2,5-6H2,1H3,(H,16,18,19). The molecule has 1 aromatic rings. The van der Waals surface area contributed by atoms with E-state index in [4.69, 9.17) is 0 Å². The van der Waals surface area contributed by atoms with Gasteiger partial charge in [-0.05, 0) is 24.5 Å². The van der Waals surface area contributed by atoms with Crippen LogP contribution in [0.4, 0.5) is 0 Å². The molecule has 0 aromatic heterocycles. The maximum Gasteiger partial charge on any atom is 0.257 e. The molecular formula is C15H16N2O4. The number of aliphatic hydroxyl groups excluding tert-OH is 1. The minimum absolute atomic E-state index is 0.170. The number of hydrogen-bond donors (Lipinski definition) is 2. The number of aliphatic hydroxyl groups is 1. The normalized spacial score (nSPS) is 25.0. The molecule has 2 aliphatic rings. The van der Waals surface area contributed by atoms with Crippen LogP contribution in [0, 0.1) is 0 Å². The molecule has 21 heavy (non-hydrogen) atoms. The van der Waals surface area contributed by atoms with E-state index in [1.807, 2.05) is 13.0 Å². The van der Waals surface area contributed by atoms with Gasteiger partial charge in [0.25, 0.3) is 5.91 Å². The number of hydrogen-bond acceptors (Lipinski definition) is 4. The van der Waals surface area contributed by atoms with E-state index in [1.54, 1.807) is 12.1 Å². The van der Waals surface area contributed by atoms with Gasteiger partial charge in [0.15, 0.2) is 6.23 Å². The molecule has 0 radical (unpaired) electrons. The predicted octanol–water partition coefficient (Wildman–Crippen LogP) is 0.501. The Morgan fingerprint density at radius 1 is 1.33 bits per heavy atom. The van der Waals surface area contributed by atoms with Gasteiger partial charge in [0.2, 0.25) is 11.8 Å². The molecule has 1 aromatic carbocycles. The highest BCUT2D eigenvalue weighted by molar-refractivity contribution is 6.05. The van der Waals surface area contributed by atoms with Crippen LogP contribution in [0.1, 0.15) is 47.5 Å². The van der Waals surface area contributed by atoms with Gasteiger partial charge in [-0.15, -0.1) is 0 Å². The van der Waals surface area contributed by atoms with Crippen LogP contribution >= 0.6 is 0 Å². The molecule has 6 nitrogen and oxygen atoms in total. The van der Waals surface area contributed by atoms with Crippen molar-refractivity contribution in [2.45, 2.75) is 38.5 Å². The van der Waals surface area contributed by atoms with E-state index in [-0.39, 0.29) is 24.7 Å². The first-order valence-electron chi connectivity index (χ1n) is 7.00. The van der Waals surface area contributed by atoms with E-state index in [0.717, 1.165) is 12.0 Å². The van der Waals surface area contributed by atoms with Crippen LogP contribution in [-0.4, -0.2) is 33.8 Å². The first kappa shape index (κ1) is 13.8. The molecule has 2 unspecified atom stereocenters. The second-order valence-corrected chi connectivity index (χ2v) is 5.33. The average molecular weight is 288 g/mol. The topological polar surface area (TPSA) is 86.7 Å². The number of nitrogens with zero attached hydrogens (tertiary/aromatic N) is 1. The molecule has 1 fully saturated rings. The molecule has 0 aliphatic carbocycles. The van der Waals surface area contributed by atoms with E-state index >= 15 is 0 Å². The number of benzene rings is 1. The van der Waals surface area contributed by atoms with Gasteiger partial charge in [-0.2, -0.15) is 0 Å². The van der Waals surface area contributed by atoms with Gasteiger partial charge in [-0.1, -0.05) is 19.1 Å². The van der Waals surface area contributed by atoms with E-state index in [0.29, 0.717) is 11.1 Å². The molecule has 1 saturated heterocycles. The van der Waals surface area contributed by atoms with Crippen LogP contribution in [0.25, 0.3) is 0 Å². The molecule has 2 heterocycles. The number of amides is 3. The number of carbonyl (C=O) groups is 3. The van der Waals surface area contributed by atoms with Crippen LogP contribution in [0.15, 0.2) is 18.2 Å². The van der Waals surface area contributed by atoms with Crippen molar-refractivity contribution >= 4 is 17.7 Å². The highest BCUT2D eigenvalue weighted by atomic mass is 16.3. The number of carbonyl (C=O) groups excluding carboxylic acids is 3. The molecule has 2 N–H and O–H groups in total. The van der Waals surface area contributed by atoms with Crippen molar-refractivity contribution in [2.75, 3.05) is 0 Å². The maximum absolute atomic E-state index is 12.4. The summed E-state index contributed by atoms with van der Waals surface area (Å²) in [6.45, 7) is 1.99. The summed E-state index contributed by atoms with van der Waals surface area (Å²) in [6, 6.07) is 4.52. The third-order valence-electron chi connectivity index (χ3n) is 4.08. The summed E-state index contributed by atoms with van der Waals surface area (Å²) < 4.78 is 0. The van der Waals surface area contributed by atoms with E-state index in [1.165, 1.54) is 4.90 Å². The predicted molar refractivity (Wildman–Crippen MR) is 73.1 cm³/mol. The summed E-state index contributed by atoms with van der Waals surface area (Å²) in [5.74, 6) is -1.24. The zero-order valence-electron chi connectivity index (χ0n) is 11.6. The molecule has 3 amide bonds. The average Bonchev–Trinajstić information content (AvgIpc) is 2.71. The Morgan fingerprint density at radius 3 is 2.76 bits per heavy atom. The maximum atomic E-state index is 12.4. The van der Waals surface area contributed by atoms with Crippen molar-refractivity contribution in [1.29, 1.82) is 0 Å². The fourth-order valence-corrected chi connectivity index (χ4v) is 2.90. The molecular weight excluding hydrogens is 272 g/mol. The zero-order chi connectivity index (χ0) is 15.1. The third-order valence-corrected chi connectivity index (χ3v) is 4.08. The highest BCUT2D eigenvalue weighted by Crippen LogP contribution is 2.35. The van der Waals surface area contributed by atoms with Gasteiger partial charge in [0, 0.05) is 17.5 Å². The van der Waals surface area contributed by atoms with Gasteiger partial charge in [0.05, 0.1) is 0 Å². The van der Waals surface area contributed by atoms with Gasteiger partial charge in [-0.25, -0.2) is 0 Å². The lowest BCUT2D eigenvalue weighted by atomic mass is 10.0. The van der Waals surface area contributed by atoms with Crippen molar-refractivity contribution in [2.24, 2.45) is 0 Å². The van der Waals surface area contributed by atoms with E-state index in [9.17, 15) is 19.5 Å². The Bertz CT molecular complexity index is 641. The molecule has 0 bridgehead atoms. The van der Waals surface area contributed by atoms with Crippen molar-refractivity contribution in [3.63, 3.8) is 0 Å². The lowest BCUT2D eigenvalue weighted by Gasteiger charge is -2.31. The molecule has 0 saturated carbocycles. The molecule has 3 rings (SSSR count). The first-order valence-corrected chi connectivity index (χ1v) is 7.00. The molecule has 110 valence electrons. The van der Waals surface area contributed by atoms with Crippen LogP contribution in [-0.2, 0) is 16.0 Å². The molecule has 0 spiro atoms. The minimum Gasteiger partial charge on any atom is -0.369 e. The summed E-state index contributed by atoms with van der Waals surface area (Å²) in [4.78, 5) is 36.7. The monoisotopic (exact) mass is 288 g/mol. The largest absolute Gasteiger partial charge is 0.369 e. The summed E-state index contributed by atoms with van der Waals surface area (Å²) in [7, 11) is 0. The number of nitrogens with one attached hydrogen (secondary N) is 1. The number of fused-ring (bicyclic) bond motifs is 1. The van der Waals surface area contributed by atoms with Gasteiger partial charge >= 0.3 is 0 Å². The second-order valence-electron chi connectivity index (χ2n) is 5.33. The quantitative estimate of drug-likeness (QED) is 0.776. The fourth-order valence-electron chi connectivity index (χ4n) is 2.90. The Kier molecular flexibility index (Phi) is 3.25. The summed E-state index contributed by atoms with van der Waals surface area (Å²) in [5.41, 5.74) is 1.97. The molecule has 2 atom stereocenters. The van der Waals surface area contributed by atoms with Gasteiger partial charge < -0.3 is 5.11 Å². The lowest BCUT2D eigenvalue weighted by molar-refractivity contribution is -0.139. The number of rotatable bonds is 2. The van der Waals surface area contributed by atoms with Crippen LogP contribution < -0.4 is 5.32 Å². The number of piperidine rings is 1. The van der Waals surface area contributed by atoms with Crippen molar-refractivity contribution in [3.8, 4) is 0 Å². The van der Waals surface area contributed by atoms with Crippen molar-refractivity contribution in [1.82, 2.24) is 10.2 Å². The van der Waals surface area contributed by atoms with E-state index in [2.05, 4.69) is 5.32 Å². The Hall–Kier alpha value is -2.21. The SMILES string of the molecule is CCc1ccc2c(c1)C(O)N(C1CCC(=O)NC1=O)C2=O. The van der Waals surface area contributed by atoms with E-state index < -0.39 is 18.2 Å². The third kappa shape index (κ3) is 2.12. The van der Waals surface area contributed by atoms with Crippen molar-refractivity contribution in [3.05, 3.63) is 34.9 Å². The summed E-state index contributed by atoms with van der Waals surface area (Å²) >= 11 is 0. The lowest BCUT2D eigenvalue weighted by Crippen LogP contribution is -2.53. The fraction of sp³-hybridized carbons (Fsp3) is 0.400. The first-order chi connectivity index (χ1) is 10.0. The minimum atomic E-state index is -1.14. The summed E-state index contributed by atoms with van der Waals surface area (Å²) in [6.07, 6.45) is 0.0704. The van der Waals surface area contributed by atoms with Gasteiger partial charge in [0.1, 0.15) is 6.04 Å². The second kappa shape index (κ2) is 4.96. The Morgan fingerprint density at radius 2 is 2.10 bits per heavy atom.